The summed E-state index contributed by atoms with van der Waals surface area (Å²) in [6, 6.07) is -0.119. The van der Waals surface area contributed by atoms with Gasteiger partial charge < -0.3 is 20.3 Å². The molecule has 0 saturated carbocycles. The number of halogens is 1. The van der Waals surface area contributed by atoms with E-state index in [0.29, 0.717) is 25.8 Å². The van der Waals surface area contributed by atoms with Crippen molar-refractivity contribution in [3.05, 3.63) is 0 Å². The van der Waals surface area contributed by atoms with Gasteiger partial charge in [0.2, 0.25) is 5.91 Å². The third-order valence-electron chi connectivity index (χ3n) is 4.49. The summed E-state index contributed by atoms with van der Waals surface area (Å²) in [7, 11) is 1.59. The van der Waals surface area contributed by atoms with Gasteiger partial charge in [-0.1, -0.05) is 0 Å². The Morgan fingerprint density at radius 2 is 1.95 bits per heavy atom. The quantitative estimate of drug-likeness (QED) is 0.797. The highest BCUT2D eigenvalue weighted by Gasteiger charge is 2.43. The summed E-state index contributed by atoms with van der Waals surface area (Å²) < 4.78 is 5.52. The molecule has 0 radical (unpaired) electrons. The maximum Gasteiger partial charge on any atom is 0.252 e. The molecule has 0 bridgehead atoms. The van der Waals surface area contributed by atoms with E-state index in [1.165, 1.54) is 0 Å². The number of nitrogens with zero attached hydrogens (tertiary/aromatic N) is 1. The predicted octanol–water partition coefficient (Wildman–Crippen LogP) is 0.692. The number of amides is 2. The molecule has 1 atom stereocenters. The maximum atomic E-state index is 12.6. The number of methoxy groups -OCH3 is 1. The van der Waals surface area contributed by atoms with Crippen molar-refractivity contribution in [3.63, 3.8) is 0 Å². The van der Waals surface area contributed by atoms with Gasteiger partial charge in [0.05, 0.1) is 6.04 Å². The topological polar surface area (TPSA) is 70.7 Å². The van der Waals surface area contributed by atoms with Crippen LogP contribution in [-0.4, -0.2) is 60.6 Å². The highest BCUT2D eigenvalue weighted by Crippen LogP contribution is 2.25. The second-order valence-corrected chi connectivity index (χ2v) is 7.00. The van der Waals surface area contributed by atoms with Crippen LogP contribution < -0.4 is 10.6 Å². The average molecular weight is 334 g/mol. The van der Waals surface area contributed by atoms with Gasteiger partial charge in [0.25, 0.3) is 5.91 Å². The fraction of sp³-hybridized carbons (Fsp3) is 0.867. The molecule has 2 rings (SSSR count). The number of nitrogens with one attached hydrogen (secondary N) is 2. The van der Waals surface area contributed by atoms with Crippen LogP contribution in [0.1, 0.15) is 40.0 Å². The molecule has 0 aromatic carbocycles. The van der Waals surface area contributed by atoms with Crippen molar-refractivity contribution in [3.8, 4) is 0 Å². The molecule has 2 N–H and O–H groups in total. The summed E-state index contributed by atoms with van der Waals surface area (Å²) >= 11 is 0. The Labute approximate surface area is 138 Å². The predicted molar refractivity (Wildman–Crippen MR) is 87.1 cm³/mol. The minimum atomic E-state index is -0.747. The summed E-state index contributed by atoms with van der Waals surface area (Å²) in [5.41, 5.74) is -0.951. The van der Waals surface area contributed by atoms with Crippen LogP contribution in [-0.2, 0) is 14.3 Å². The Bertz CT molecular complexity index is 417. The molecule has 7 heteroatoms. The molecular formula is C15H28ClN3O3. The molecule has 22 heavy (non-hydrogen) atoms. The highest BCUT2D eigenvalue weighted by molar-refractivity contribution is 5.87. The number of piperidine rings is 1. The van der Waals surface area contributed by atoms with Gasteiger partial charge in [-0.25, -0.2) is 0 Å². The Morgan fingerprint density at radius 1 is 1.36 bits per heavy atom. The number of hydrogen-bond acceptors (Lipinski definition) is 4. The first-order valence-corrected chi connectivity index (χ1v) is 7.66. The average Bonchev–Trinajstić information content (AvgIpc) is 2.80. The zero-order valence-corrected chi connectivity index (χ0v) is 14.7. The Morgan fingerprint density at radius 3 is 2.41 bits per heavy atom. The lowest BCUT2D eigenvalue weighted by Crippen LogP contribution is -2.56. The fourth-order valence-corrected chi connectivity index (χ4v) is 3.12. The summed E-state index contributed by atoms with van der Waals surface area (Å²) in [6.45, 7) is 8.17. The van der Waals surface area contributed by atoms with Crippen LogP contribution in [0.4, 0.5) is 0 Å². The van der Waals surface area contributed by atoms with Gasteiger partial charge in [-0.05, 0) is 46.7 Å². The lowest BCUT2D eigenvalue weighted by Gasteiger charge is -2.36. The minimum Gasteiger partial charge on any atom is -0.368 e. The molecule has 2 aliphatic heterocycles. The van der Waals surface area contributed by atoms with Gasteiger partial charge in [-0.15, -0.1) is 12.4 Å². The standard InChI is InChI=1S/C15H27N3O3.ClH/c1-14(2,3)18-10-11(9-12(18)19)17-13(20)15(21-4)5-7-16-8-6-15;/h11,16H,5-10H2,1-4H3,(H,17,20);1H. The molecule has 2 fully saturated rings. The summed E-state index contributed by atoms with van der Waals surface area (Å²) in [5, 5.41) is 6.25. The molecule has 0 aliphatic carbocycles. The summed E-state index contributed by atoms with van der Waals surface area (Å²) in [6.07, 6.45) is 1.71. The van der Waals surface area contributed by atoms with Crippen LogP contribution in [0, 0.1) is 0 Å². The first-order chi connectivity index (χ1) is 9.78. The van der Waals surface area contributed by atoms with E-state index >= 15 is 0 Å². The van der Waals surface area contributed by atoms with Crippen molar-refractivity contribution in [1.29, 1.82) is 0 Å². The molecule has 2 amide bonds. The van der Waals surface area contributed by atoms with E-state index in [1.807, 2.05) is 25.7 Å². The SMILES string of the molecule is COC1(C(=O)NC2CC(=O)N(C(C)(C)C)C2)CCNCC1.Cl. The first-order valence-electron chi connectivity index (χ1n) is 7.66. The molecule has 0 aromatic rings. The van der Waals surface area contributed by atoms with Crippen LogP contribution in [0.2, 0.25) is 0 Å². The molecule has 2 saturated heterocycles. The zero-order chi connectivity index (χ0) is 15.7. The van der Waals surface area contributed by atoms with Crippen LogP contribution in [0.25, 0.3) is 0 Å². The van der Waals surface area contributed by atoms with Crippen molar-refractivity contribution in [2.75, 3.05) is 26.7 Å². The molecule has 2 aliphatic rings. The van der Waals surface area contributed by atoms with E-state index in [1.54, 1.807) is 7.11 Å². The number of rotatable bonds is 3. The third-order valence-corrected chi connectivity index (χ3v) is 4.49. The molecule has 0 spiro atoms. The van der Waals surface area contributed by atoms with Crippen molar-refractivity contribution in [2.45, 2.75) is 57.2 Å². The number of hydrogen-bond donors (Lipinski definition) is 2. The zero-order valence-electron chi connectivity index (χ0n) is 13.9. The van der Waals surface area contributed by atoms with E-state index in [2.05, 4.69) is 10.6 Å². The number of ether oxygens (including phenoxy) is 1. The Kier molecular flexibility index (Phi) is 6.24. The van der Waals surface area contributed by atoms with E-state index in [0.717, 1.165) is 13.1 Å². The van der Waals surface area contributed by atoms with Crippen LogP contribution >= 0.6 is 12.4 Å². The van der Waals surface area contributed by atoms with E-state index in [9.17, 15) is 9.59 Å². The molecule has 2 heterocycles. The number of carbonyl (C=O) groups excluding carboxylic acids is 2. The lowest BCUT2D eigenvalue weighted by atomic mass is 9.90. The molecule has 0 aromatic heterocycles. The first kappa shape index (κ1) is 19.2. The van der Waals surface area contributed by atoms with Gasteiger partial charge >= 0.3 is 0 Å². The molecule has 128 valence electrons. The molecule has 6 nitrogen and oxygen atoms in total. The van der Waals surface area contributed by atoms with E-state index < -0.39 is 5.60 Å². The van der Waals surface area contributed by atoms with E-state index in [-0.39, 0.29) is 35.8 Å². The van der Waals surface area contributed by atoms with Crippen LogP contribution in [0.15, 0.2) is 0 Å². The number of likely N-dealkylation sites (tertiary alicyclic amines) is 1. The minimum absolute atomic E-state index is 0. The lowest BCUT2D eigenvalue weighted by molar-refractivity contribution is -0.147. The van der Waals surface area contributed by atoms with Gasteiger partial charge in [-0.2, -0.15) is 0 Å². The third kappa shape index (κ3) is 3.91. The largest absolute Gasteiger partial charge is 0.368 e. The van der Waals surface area contributed by atoms with Gasteiger partial charge in [0.15, 0.2) is 0 Å². The second-order valence-electron chi connectivity index (χ2n) is 7.00. The van der Waals surface area contributed by atoms with Gasteiger partial charge in [0.1, 0.15) is 5.60 Å². The Balaban J connectivity index is 0.00000242. The normalized spacial score (nSPS) is 24.8. The van der Waals surface area contributed by atoms with Crippen molar-refractivity contribution in [2.24, 2.45) is 0 Å². The van der Waals surface area contributed by atoms with Crippen LogP contribution in [0.3, 0.4) is 0 Å². The second kappa shape index (κ2) is 7.15. The fourth-order valence-electron chi connectivity index (χ4n) is 3.12. The van der Waals surface area contributed by atoms with E-state index in [4.69, 9.17) is 4.74 Å². The highest BCUT2D eigenvalue weighted by atomic mass is 35.5. The summed E-state index contributed by atoms with van der Waals surface area (Å²) in [5.74, 6) is 0.0182. The monoisotopic (exact) mass is 333 g/mol. The smallest absolute Gasteiger partial charge is 0.252 e. The van der Waals surface area contributed by atoms with Crippen molar-refractivity contribution >= 4 is 24.2 Å². The summed E-state index contributed by atoms with van der Waals surface area (Å²) in [4.78, 5) is 26.5. The number of carbonyl (C=O) groups is 2. The maximum absolute atomic E-state index is 12.6. The van der Waals surface area contributed by atoms with Gasteiger partial charge in [-0.3, -0.25) is 9.59 Å². The van der Waals surface area contributed by atoms with Crippen molar-refractivity contribution in [1.82, 2.24) is 15.5 Å². The van der Waals surface area contributed by atoms with Gasteiger partial charge in [0, 0.05) is 25.6 Å². The molecular weight excluding hydrogens is 306 g/mol. The van der Waals surface area contributed by atoms with Crippen LogP contribution in [0.5, 0.6) is 0 Å². The molecule has 1 unspecified atom stereocenters. The Hall–Kier alpha value is -0.850. The van der Waals surface area contributed by atoms with Crippen molar-refractivity contribution < 1.29 is 14.3 Å².